The highest BCUT2D eigenvalue weighted by molar-refractivity contribution is 7.99. The van der Waals surface area contributed by atoms with Crippen molar-refractivity contribution in [3.63, 3.8) is 0 Å². The minimum atomic E-state index is -0.672. The first-order valence-electron chi connectivity index (χ1n) is 6.01. The molecule has 0 heterocycles. The minimum absolute atomic E-state index is 0.0561. The number of hydrogen-bond donors (Lipinski definition) is 3. The number of hydrogen-bond acceptors (Lipinski definition) is 4. The van der Waals surface area contributed by atoms with Crippen LogP contribution in [0.1, 0.15) is 26.2 Å². The molecular formula is C11H19N3O2S2. The summed E-state index contributed by atoms with van der Waals surface area (Å²) in [4.78, 5) is 23.1. The molecule has 0 aromatic rings. The highest BCUT2D eigenvalue weighted by Crippen LogP contribution is 2.29. The molecule has 0 bridgehead atoms. The van der Waals surface area contributed by atoms with Gasteiger partial charge in [-0.2, -0.15) is 11.8 Å². The topological polar surface area (TPSA) is 84.2 Å². The molecule has 2 amide bonds. The molecule has 2 unspecified atom stereocenters. The fourth-order valence-corrected chi connectivity index (χ4v) is 3.17. The summed E-state index contributed by atoms with van der Waals surface area (Å²) < 4.78 is 0. The lowest BCUT2D eigenvalue weighted by atomic mass is 10.2. The Morgan fingerprint density at radius 3 is 2.72 bits per heavy atom. The summed E-state index contributed by atoms with van der Waals surface area (Å²) in [7, 11) is 0. The molecule has 0 aromatic carbocycles. The van der Waals surface area contributed by atoms with Crippen molar-refractivity contribution in [2.24, 2.45) is 5.73 Å². The van der Waals surface area contributed by atoms with E-state index >= 15 is 0 Å². The molecule has 1 fully saturated rings. The van der Waals surface area contributed by atoms with Crippen molar-refractivity contribution in [3.8, 4) is 0 Å². The standard InChI is InChI=1S/C11H19N3O2S2/c1-2-18-8-4-3-7(5-8)14-11(16)10(15)13-6-9(12)17/h7-8H,2-6H2,1H3,(H2,12,17)(H,13,15)(H,14,16). The van der Waals surface area contributed by atoms with Crippen molar-refractivity contribution < 1.29 is 9.59 Å². The fraction of sp³-hybridized carbons (Fsp3) is 0.727. The summed E-state index contributed by atoms with van der Waals surface area (Å²) in [5.74, 6) is -0.187. The summed E-state index contributed by atoms with van der Waals surface area (Å²) in [6.07, 6.45) is 2.97. The van der Waals surface area contributed by atoms with Crippen molar-refractivity contribution in [1.82, 2.24) is 10.6 Å². The highest BCUT2D eigenvalue weighted by atomic mass is 32.2. The molecule has 5 nitrogen and oxygen atoms in total. The second-order valence-electron chi connectivity index (χ2n) is 4.21. The van der Waals surface area contributed by atoms with Crippen LogP contribution in [-0.2, 0) is 9.59 Å². The van der Waals surface area contributed by atoms with Gasteiger partial charge in [0, 0.05) is 11.3 Å². The summed E-state index contributed by atoms with van der Waals surface area (Å²) in [5.41, 5.74) is 5.24. The normalized spacial score (nSPS) is 22.5. The van der Waals surface area contributed by atoms with E-state index in [0.29, 0.717) is 5.25 Å². The summed E-state index contributed by atoms with van der Waals surface area (Å²) in [5, 5.41) is 5.71. The van der Waals surface area contributed by atoms with Gasteiger partial charge in [0.05, 0.1) is 11.5 Å². The minimum Gasteiger partial charge on any atom is -0.392 e. The number of nitrogens with one attached hydrogen (secondary N) is 2. The second kappa shape index (κ2) is 7.58. The van der Waals surface area contributed by atoms with Crippen LogP contribution < -0.4 is 16.4 Å². The van der Waals surface area contributed by atoms with E-state index in [4.69, 9.17) is 5.73 Å². The van der Waals surface area contributed by atoms with Gasteiger partial charge in [-0.1, -0.05) is 19.1 Å². The zero-order chi connectivity index (χ0) is 13.5. The monoisotopic (exact) mass is 289 g/mol. The first kappa shape index (κ1) is 15.2. The van der Waals surface area contributed by atoms with Crippen LogP contribution in [0.4, 0.5) is 0 Å². The van der Waals surface area contributed by atoms with E-state index < -0.39 is 11.8 Å². The molecule has 0 aromatic heterocycles. The molecule has 7 heteroatoms. The van der Waals surface area contributed by atoms with E-state index in [1.807, 2.05) is 11.8 Å². The zero-order valence-electron chi connectivity index (χ0n) is 10.4. The molecule has 1 aliphatic rings. The Morgan fingerprint density at radius 1 is 1.39 bits per heavy atom. The van der Waals surface area contributed by atoms with Crippen molar-refractivity contribution in [1.29, 1.82) is 0 Å². The van der Waals surface area contributed by atoms with Gasteiger partial charge < -0.3 is 16.4 Å². The van der Waals surface area contributed by atoms with Crippen molar-refractivity contribution in [2.45, 2.75) is 37.5 Å². The number of carbonyl (C=O) groups excluding carboxylic acids is 2. The van der Waals surface area contributed by atoms with E-state index in [0.717, 1.165) is 25.0 Å². The molecule has 1 aliphatic carbocycles. The van der Waals surface area contributed by atoms with E-state index in [-0.39, 0.29) is 17.6 Å². The van der Waals surface area contributed by atoms with Gasteiger partial charge in [0.15, 0.2) is 0 Å². The van der Waals surface area contributed by atoms with Gasteiger partial charge in [0.2, 0.25) is 0 Å². The van der Waals surface area contributed by atoms with Gasteiger partial charge in [-0.05, 0) is 25.0 Å². The van der Waals surface area contributed by atoms with Gasteiger partial charge in [0.1, 0.15) is 0 Å². The summed E-state index contributed by atoms with van der Waals surface area (Å²) in [6.45, 7) is 2.18. The Hall–Kier alpha value is -0.820. The molecule has 2 atom stereocenters. The maximum Gasteiger partial charge on any atom is 0.309 e. The van der Waals surface area contributed by atoms with E-state index in [1.165, 1.54) is 0 Å². The third-order valence-corrected chi connectivity index (χ3v) is 4.13. The van der Waals surface area contributed by atoms with E-state index in [2.05, 4.69) is 29.8 Å². The average Bonchev–Trinajstić information content (AvgIpc) is 2.73. The van der Waals surface area contributed by atoms with Gasteiger partial charge >= 0.3 is 11.8 Å². The zero-order valence-corrected chi connectivity index (χ0v) is 12.0. The molecule has 102 valence electrons. The molecular weight excluding hydrogens is 270 g/mol. The lowest BCUT2D eigenvalue weighted by Crippen LogP contribution is -2.45. The van der Waals surface area contributed by atoms with Crippen LogP contribution in [0.3, 0.4) is 0 Å². The number of thioether (sulfide) groups is 1. The smallest absolute Gasteiger partial charge is 0.309 e. The van der Waals surface area contributed by atoms with E-state index in [9.17, 15) is 9.59 Å². The Labute approximate surface area is 117 Å². The number of amides is 2. The van der Waals surface area contributed by atoms with Crippen LogP contribution in [0.5, 0.6) is 0 Å². The Kier molecular flexibility index (Phi) is 6.42. The number of carbonyl (C=O) groups is 2. The molecule has 0 saturated heterocycles. The second-order valence-corrected chi connectivity index (χ2v) is 6.31. The van der Waals surface area contributed by atoms with Gasteiger partial charge in [-0.15, -0.1) is 0 Å². The Morgan fingerprint density at radius 2 is 2.11 bits per heavy atom. The van der Waals surface area contributed by atoms with Gasteiger partial charge in [-0.25, -0.2) is 0 Å². The maximum atomic E-state index is 11.6. The van der Waals surface area contributed by atoms with Crippen LogP contribution >= 0.6 is 24.0 Å². The predicted octanol–water partition coefficient (Wildman–Crippen LogP) is 0.179. The van der Waals surface area contributed by atoms with Crippen LogP contribution in [-0.4, -0.2) is 40.4 Å². The Bertz CT molecular complexity index is 336. The average molecular weight is 289 g/mol. The molecule has 0 spiro atoms. The van der Waals surface area contributed by atoms with Crippen LogP contribution in [0.15, 0.2) is 0 Å². The SMILES string of the molecule is CCSC1CCC(NC(=O)C(=O)NCC(N)=S)C1. The predicted molar refractivity (Wildman–Crippen MR) is 77.5 cm³/mol. The van der Waals surface area contributed by atoms with Gasteiger partial charge in [-0.3, -0.25) is 9.59 Å². The molecule has 4 N–H and O–H groups in total. The van der Waals surface area contributed by atoms with Crippen LogP contribution in [0, 0.1) is 0 Å². The molecule has 0 radical (unpaired) electrons. The maximum absolute atomic E-state index is 11.6. The lowest BCUT2D eigenvalue weighted by Gasteiger charge is -2.12. The number of nitrogens with two attached hydrogens (primary N) is 1. The first-order valence-corrected chi connectivity index (χ1v) is 7.47. The first-order chi connectivity index (χ1) is 8.52. The van der Waals surface area contributed by atoms with E-state index in [1.54, 1.807) is 0 Å². The molecule has 1 saturated carbocycles. The van der Waals surface area contributed by atoms with Gasteiger partial charge in [0.25, 0.3) is 0 Å². The quantitative estimate of drug-likeness (QED) is 0.497. The fourth-order valence-electron chi connectivity index (χ4n) is 1.96. The largest absolute Gasteiger partial charge is 0.392 e. The molecule has 1 rings (SSSR count). The molecule has 0 aliphatic heterocycles. The summed E-state index contributed by atoms with van der Waals surface area (Å²) in [6, 6.07) is 0.108. The Balaban J connectivity index is 2.28. The third kappa shape index (κ3) is 5.22. The number of rotatable bonds is 5. The summed E-state index contributed by atoms with van der Waals surface area (Å²) >= 11 is 6.52. The van der Waals surface area contributed by atoms with Crippen LogP contribution in [0.25, 0.3) is 0 Å². The third-order valence-electron chi connectivity index (χ3n) is 2.75. The van der Waals surface area contributed by atoms with Crippen molar-refractivity contribution >= 4 is 40.8 Å². The highest BCUT2D eigenvalue weighted by Gasteiger charge is 2.27. The lowest BCUT2D eigenvalue weighted by molar-refractivity contribution is -0.139. The number of thiocarbonyl (C=S) groups is 1. The molecule has 18 heavy (non-hydrogen) atoms. The van der Waals surface area contributed by atoms with Crippen molar-refractivity contribution in [3.05, 3.63) is 0 Å². The van der Waals surface area contributed by atoms with Crippen LogP contribution in [0.2, 0.25) is 0 Å². The van der Waals surface area contributed by atoms with Crippen molar-refractivity contribution in [2.75, 3.05) is 12.3 Å².